The normalized spacial score (nSPS) is 16.4. The van der Waals surface area contributed by atoms with Crippen LogP contribution in [0.2, 0.25) is 5.02 Å². The van der Waals surface area contributed by atoms with Gasteiger partial charge in [-0.05, 0) is 61.9 Å². The van der Waals surface area contributed by atoms with Gasteiger partial charge in [-0.2, -0.15) is 0 Å². The van der Waals surface area contributed by atoms with Crippen LogP contribution in [0.1, 0.15) is 72.4 Å². The molecule has 2 saturated heterocycles. The van der Waals surface area contributed by atoms with Crippen molar-refractivity contribution in [1.82, 2.24) is 40.4 Å². The van der Waals surface area contributed by atoms with Crippen molar-refractivity contribution in [3.8, 4) is 10.4 Å². The topological polar surface area (TPSA) is 226 Å². The molecule has 0 saturated carbocycles. The first-order valence-electron chi connectivity index (χ1n) is 24.9. The Balaban J connectivity index is 0.724. The molecule has 0 aliphatic carbocycles. The zero-order chi connectivity index (χ0) is 52.8. The third kappa shape index (κ3) is 15.7. The maximum atomic E-state index is 14.0. The van der Waals surface area contributed by atoms with Gasteiger partial charge in [0, 0.05) is 58.4 Å². The minimum Gasteiger partial charge on any atom is -0.391 e. The number of hydrogen-bond donors (Lipinski definition) is 5. The Morgan fingerprint density at radius 3 is 2.31 bits per heavy atom. The molecule has 5 N–H and O–H groups in total. The van der Waals surface area contributed by atoms with Crippen LogP contribution in [-0.2, 0) is 35.1 Å². The number of para-hydroxylation sites is 1. The van der Waals surface area contributed by atoms with E-state index in [1.165, 1.54) is 22.4 Å². The van der Waals surface area contributed by atoms with Gasteiger partial charge in [0.1, 0.15) is 28.4 Å². The minimum absolute atomic E-state index is 0.0275. The molecule has 2 fully saturated rings. The van der Waals surface area contributed by atoms with E-state index in [-0.39, 0.29) is 43.0 Å². The Kier molecular flexibility index (Phi) is 20.2. The number of thiazole rings is 2. The highest BCUT2D eigenvalue weighted by Gasteiger charge is 2.43. The smallest absolute Gasteiger partial charge is 0.267 e. The maximum Gasteiger partial charge on any atom is 0.267 e. The van der Waals surface area contributed by atoms with E-state index in [4.69, 9.17) is 25.8 Å². The number of rotatable bonds is 24. The lowest BCUT2D eigenvalue weighted by Crippen LogP contribution is -2.56. The van der Waals surface area contributed by atoms with E-state index in [0.29, 0.717) is 118 Å². The molecule has 0 unspecified atom stereocenters. The van der Waals surface area contributed by atoms with Crippen LogP contribution in [0.5, 0.6) is 0 Å². The first kappa shape index (κ1) is 56.1. The van der Waals surface area contributed by atoms with Crippen molar-refractivity contribution in [2.24, 2.45) is 5.41 Å². The van der Waals surface area contributed by atoms with Gasteiger partial charge >= 0.3 is 0 Å². The molecule has 398 valence electrons. The van der Waals surface area contributed by atoms with Crippen molar-refractivity contribution >= 4 is 80.4 Å². The van der Waals surface area contributed by atoms with Crippen molar-refractivity contribution in [1.29, 1.82) is 0 Å². The number of β-amino-alcohol motifs (C(OH)–C–C–N with tert-alkyl or cyclic N) is 1. The summed E-state index contributed by atoms with van der Waals surface area (Å²) < 4.78 is 17.1. The molecule has 0 bridgehead atoms. The van der Waals surface area contributed by atoms with Crippen LogP contribution in [0.3, 0.4) is 0 Å². The minimum atomic E-state index is -0.784. The van der Waals surface area contributed by atoms with Crippen LogP contribution in [0, 0.1) is 26.2 Å². The molecule has 0 spiro atoms. The third-order valence-corrected chi connectivity index (χ3v) is 14.8. The first-order chi connectivity index (χ1) is 35.5. The van der Waals surface area contributed by atoms with Gasteiger partial charge in [-0.25, -0.2) is 19.9 Å². The number of carbonyl (C=O) groups is 4. The maximum absolute atomic E-state index is 14.0. The molecule has 0 radical (unpaired) electrons. The van der Waals surface area contributed by atoms with E-state index in [2.05, 4.69) is 46.1 Å². The van der Waals surface area contributed by atoms with Gasteiger partial charge in [0.15, 0.2) is 5.13 Å². The molecular weight excluding hydrogens is 1010 g/mol. The number of aromatic nitrogens is 4. The van der Waals surface area contributed by atoms with E-state index in [1.807, 2.05) is 94.4 Å². The number of amides is 4. The molecule has 4 amide bonds. The average molecular weight is 1070 g/mol. The van der Waals surface area contributed by atoms with E-state index >= 15 is 0 Å². The average Bonchev–Trinajstić information content (AvgIpc) is 4.14. The largest absolute Gasteiger partial charge is 0.391 e. The molecule has 3 atom stereocenters. The number of aryl methyl sites for hydroxylation is 3. The molecule has 2 aliphatic heterocycles. The van der Waals surface area contributed by atoms with Crippen LogP contribution >= 0.6 is 34.3 Å². The fourth-order valence-electron chi connectivity index (χ4n) is 8.65. The fourth-order valence-corrected chi connectivity index (χ4v) is 10.4. The fraction of sp³-hybridized carbons (Fsp3) is 0.500. The predicted molar refractivity (Wildman–Crippen MR) is 288 cm³/mol. The number of piperazine rings is 1. The first-order valence-corrected chi connectivity index (χ1v) is 27.0. The molecule has 2 aliphatic rings. The second kappa shape index (κ2) is 26.7. The van der Waals surface area contributed by atoms with E-state index in [0.717, 1.165) is 33.1 Å². The van der Waals surface area contributed by atoms with Gasteiger partial charge in [-0.3, -0.25) is 19.2 Å². The van der Waals surface area contributed by atoms with E-state index in [9.17, 15) is 24.3 Å². The zero-order valence-electron chi connectivity index (χ0n) is 42.9. The Morgan fingerprint density at radius 1 is 0.905 bits per heavy atom. The number of aliphatic hydroxyl groups is 1. The molecule has 19 nitrogen and oxygen atoms in total. The van der Waals surface area contributed by atoms with Crippen LogP contribution in [0.15, 0.2) is 60.2 Å². The van der Waals surface area contributed by atoms with Crippen LogP contribution in [-0.4, -0.2) is 156 Å². The number of hydrogen-bond acceptors (Lipinski definition) is 17. The SMILES string of the molecule is Cc1nc(Nc2ncc(C(=O)Nc3c(C)cccc3Cl)s2)cc(N2CCN(C(=O)CCOCCOCCOCCCN[C@H](C(=O)N3C[C@H](O)C[C@H]3C(=O)NCc3ccc(-c4scnc4C)cc3)C(C)(C)C)CC2)n1. The molecule has 74 heavy (non-hydrogen) atoms. The number of ether oxygens (including phenoxy) is 3. The highest BCUT2D eigenvalue weighted by molar-refractivity contribution is 7.17. The lowest BCUT2D eigenvalue weighted by atomic mass is 9.85. The molecular formula is C52H68ClN11O8S2. The Bertz CT molecular complexity index is 2650. The lowest BCUT2D eigenvalue weighted by Gasteiger charge is -2.35. The highest BCUT2D eigenvalue weighted by atomic mass is 35.5. The van der Waals surface area contributed by atoms with E-state index < -0.39 is 23.6 Å². The monoisotopic (exact) mass is 1070 g/mol. The van der Waals surface area contributed by atoms with Gasteiger partial charge in [-0.1, -0.05) is 80.1 Å². The quantitative estimate of drug-likeness (QED) is 0.0422. The Morgan fingerprint density at radius 2 is 1.62 bits per heavy atom. The summed E-state index contributed by atoms with van der Waals surface area (Å²) >= 11 is 9.09. The number of anilines is 4. The number of likely N-dealkylation sites (tertiary alicyclic amines) is 1. The lowest BCUT2D eigenvalue weighted by molar-refractivity contribution is -0.142. The summed E-state index contributed by atoms with van der Waals surface area (Å²) in [5.74, 6) is 1.07. The van der Waals surface area contributed by atoms with Gasteiger partial charge in [0.25, 0.3) is 5.91 Å². The standard InChI is InChI=1S/C52H68ClN11O8S2/c1-33-9-7-10-39(53)45(33)61-49(68)41-30-56-51(74-41)60-42-28-43(59-35(3)58-42)62-17-19-63(20-18-62)44(66)15-22-71-24-26-72-25-23-70-21-8-16-54-47(52(4,5)6)50(69)64-31-38(65)27-40(64)48(67)55-29-36-11-13-37(14-12-36)46-34(2)57-32-73-46/h7,9-14,28,30,32,38,40,47,54,65H,8,15-27,29,31H2,1-6H3,(H,55,67)(H,61,68)(H,56,58,59,60)/t38-,40+,47-/m1/s1. The van der Waals surface area contributed by atoms with E-state index in [1.54, 1.807) is 17.4 Å². The number of halogens is 1. The second-order valence-corrected chi connectivity index (χ2v) is 21.6. The van der Waals surface area contributed by atoms with Crippen molar-refractivity contribution < 1.29 is 38.5 Å². The van der Waals surface area contributed by atoms with Crippen LogP contribution in [0.4, 0.5) is 22.5 Å². The molecule has 3 aromatic heterocycles. The van der Waals surface area contributed by atoms with Crippen LogP contribution < -0.4 is 26.2 Å². The Hall–Kier alpha value is -5.65. The predicted octanol–water partition coefficient (Wildman–Crippen LogP) is 6.39. The number of benzene rings is 2. The summed E-state index contributed by atoms with van der Waals surface area (Å²) in [4.78, 5) is 78.2. The summed E-state index contributed by atoms with van der Waals surface area (Å²) in [5.41, 5.74) is 5.79. The summed E-state index contributed by atoms with van der Waals surface area (Å²) in [6.45, 7) is 17.1. The number of nitrogens with zero attached hydrogens (tertiary/aromatic N) is 7. The van der Waals surface area contributed by atoms with Gasteiger partial charge in [0.2, 0.25) is 17.7 Å². The molecule has 7 rings (SSSR count). The van der Waals surface area contributed by atoms with Crippen molar-refractivity contribution in [3.05, 3.63) is 92.8 Å². The molecule has 2 aromatic carbocycles. The van der Waals surface area contributed by atoms with Gasteiger partial charge in [-0.15, -0.1) is 11.3 Å². The van der Waals surface area contributed by atoms with Crippen molar-refractivity contribution in [2.75, 3.05) is 94.4 Å². The second-order valence-electron chi connectivity index (χ2n) is 19.3. The van der Waals surface area contributed by atoms with Crippen molar-refractivity contribution in [3.63, 3.8) is 0 Å². The van der Waals surface area contributed by atoms with Gasteiger partial charge < -0.3 is 55.3 Å². The van der Waals surface area contributed by atoms with Crippen molar-refractivity contribution in [2.45, 2.75) is 85.5 Å². The summed E-state index contributed by atoms with van der Waals surface area (Å²) in [7, 11) is 0. The van der Waals surface area contributed by atoms with Crippen LogP contribution in [0.25, 0.3) is 10.4 Å². The molecule has 22 heteroatoms. The summed E-state index contributed by atoms with van der Waals surface area (Å²) in [5, 5.41) is 24.0. The van der Waals surface area contributed by atoms with Gasteiger partial charge in [0.05, 0.1) is 84.6 Å². The Labute approximate surface area is 445 Å². The summed E-state index contributed by atoms with van der Waals surface area (Å²) in [6.07, 6.45) is 1.83. The number of nitrogens with one attached hydrogen (secondary N) is 4. The third-order valence-electron chi connectivity index (χ3n) is 12.6. The zero-order valence-corrected chi connectivity index (χ0v) is 45.3. The molecule has 5 heterocycles. The number of aliphatic hydroxyl groups excluding tert-OH is 1. The highest BCUT2D eigenvalue weighted by Crippen LogP contribution is 2.31. The molecule has 5 aromatic rings. The summed E-state index contributed by atoms with van der Waals surface area (Å²) in [6, 6.07) is 13.9. The number of carbonyl (C=O) groups excluding carboxylic acids is 4.